The van der Waals surface area contributed by atoms with Crippen molar-refractivity contribution >= 4 is 17.8 Å². The summed E-state index contributed by atoms with van der Waals surface area (Å²) in [4.78, 5) is 2.51. The van der Waals surface area contributed by atoms with Crippen molar-refractivity contribution in [1.29, 1.82) is 0 Å². The van der Waals surface area contributed by atoms with Gasteiger partial charge in [-0.1, -0.05) is 85.1 Å². The monoisotopic (exact) mass is 288 g/mol. The Morgan fingerprint density at radius 2 is 1.29 bits per heavy atom. The molecule has 1 heteroatoms. The molecule has 3 rings (SSSR count). The van der Waals surface area contributed by atoms with Crippen LogP contribution in [0.1, 0.15) is 5.56 Å². The zero-order valence-corrected chi connectivity index (χ0v) is 12.5. The van der Waals surface area contributed by atoms with Gasteiger partial charge in [0.1, 0.15) is 0 Å². The Hall–Kier alpha value is -2.25. The highest BCUT2D eigenvalue weighted by atomic mass is 32.2. The van der Waals surface area contributed by atoms with Crippen molar-refractivity contribution < 1.29 is 0 Å². The van der Waals surface area contributed by atoms with Crippen LogP contribution in [0.3, 0.4) is 0 Å². The zero-order valence-electron chi connectivity index (χ0n) is 11.7. The fourth-order valence-electron chi connectivity index (χ4n) is 2.31. The van der Waals surface area contributed by atoms with Crippen molar-refractivity contribution in [3.8, 4) is 11.1 Å². The number of hydrogen-bond donors (Lipinski definition) is 0. The van der Waals surface area contributed by atoms with Gasteiger partial charge in [0, 0.05) is 9.79 Å². The van der Waals surface area contributed by atoms with E-state index in [0.717, 1.165) is 0 Å². The minimum atomic E-state index is 1.17. The predicted molar refractivity (Wildman–Crippen MR) is 92.5 cm³/mol. The first-order valence-electron chi connectivity index (χ1n) is 6.92. The van der Waals surface area contributed by atoms with Gasteiger partial charge in [-0.2, -0.15) is 0 Å². The van der Waals surface area contributed by atoms with Crippen LogP contribution in [0.25, 0.3) is 17.2 Å². The van der Waals surface area contributed by atoms with Gasteiger partial charge in [0.05, 0.1) is 0 Å². The molecule has 0 fully saturated rings. The maximum atomic E-state index is 3.92. The van der Waals surface area contributed by atoms with Crippen molar-refractivity contribution in [1.82, 2.24) is 0 Å². The molecule has 0 unspecified atom stereocenters. The number of benzene rings is 3. The lowest BCUT2D eigenvalue weighted by Gasteiger charge is -2.11. The van der Waals surface area contributed by atoms with E-state index in [9.17, 15) is 0 Å². The maximum absolute atomic E-state index is 3.92. The van der Waals surface area contributed by atoms with E-state index in [2.05, 4.69) is 73.3 Å². The second-order valence-electron chi connectivity index (χ2n) is 4.70. The largest absolute Gasteiger partial charge is 0.0984 e. The third-order valence-corrected chi connectivity index (χ3v) is 4.41. The van der Waals surface area contributed by atoms with Crippen LogP contribution in [-0.2, 0) is 0 Å². The molecule has 0 atom stereocenters. The molecule has 0 aliphatic rings. The molecule has 102 valence electrons. The van der Waals surface area contributed by atoms with Gasteiger partial charge >= 0.3 is 0 Å². The van der Waals surface area contributed by atoms with Crippen LogP contribution in [0.4, 0.5) is 0 Å². The van der Waals surface area contributed by atoms with E-state index in [1.165, 1.54) is 26.5 Å². The molecule has 0 nitrogen and oxygen atoms in total. The Bertz CT molecular complexity index is 745. The first-order chi connectivity index (χ1) is 10.4. The summed E-state index contributed by atoms with van der Waals surface area (Å²) in [7, 11) is 0. The summed E-state index contributed by atoms with van der Waals surface area (Å²) < 4.78 is 0. The third kappa shape index (κ3) is 3.09. The molecule has 0 heterocycles. The average molecular weight is 288 g/mol. The standard InChI is InChI=1S/C20H16S/c1-2-16-10-6-7-13-18(16)19-14-8-9-15-20(19)21-17-11-4-3-5-12-17/h2-15H,1H2. The summed E-state index contributed by atoms with van der Waals surface area (Å²) in [6.45, 7) is 3.92. The van der Waals surface area contributed by atoms with Crippen LogP contribution in [0.5, 0.6) is 0 Å². The summed E-state index contributed by atoms with van der Waals surface area (Å²) in [5.74, 6) is 0. The van der Waals surface area contributed by atoms with Crippen LogP contribution in [0.15, 0.2) is 95.2 Å². The van der Waals surface area contributed by atoms with E-state index >= 15 is 0 Å². The highest BCUT2D eigenvalue weighted by Crippen LogP contribution is 2.37. The topological polar surface area (TPSA) is 0 Å². The molecule has 0 aliphatic carbocycles. The summed E-state index contributed by atoms with van der Waals surface area (Å²) in [5, 5.41) is 0. The summed E-state index contributed by atoms with van der Waals surface area (Å²) in [6.07, 6.45) is 1.92. The first kappa shape index (κ1) is 13.7. The molecular formula is C20H16S. The van der Waals surface area contributed by atoms with E-state index < -0.39 is 0 Å². The van der Waals surface area contributed by atoms with Crippen LogP contribution in [0, 0.1) is 0 Å². The number of hydrogen-bond acceptors (Lipinski definition) is 1. The van der Waals surface area contributed by atoms with E-state index in [0.29, 0.717) is 0 Å². The first-order valence-corrected chi connectivity index (χ1v) is 7.74. The molecule has 0 N–H and O–H groups in total. The maximum Gasteiger partial charge on any atom is 0.0201 e. The average Bonchev–Trinajstić information content (AvgIpc) is 2.56. The van der Waals surface area contributed by atoms with E-state index in [1.807, 2.05) is 18.2 Å². The minimum Gasteiger partial charge on any atom is -0.0984 e. The lowest BCUT2D eigenvalue weighted by atomic mass is 10.00. The van der Waals surface area contributed by atoms with E-state index in [-0.39, 0.29) is 0 Å². The Balaban J connectivity index is 2.06. The lowest BCUT2D eigenvalue weighted by Crippen LogP contribution is -1.86. The van der Waals surface area contributed by atoms with Gasteiger partial charge in [-0.3, -0.25) is 0 Å². The molecule has 21 heavy (non-hydrogen) atoms. The molecule has 3 aromatic carbocycles. The van der Waals surface area contributed by atoms with Crippen LogP contribution in [-0.4, -0.2) is 0 Å². The van der Waals surface area contributed by atoms with Gasteiger partial charge in [0.25, 0.3) is 0 Å². The number of rotatable bonds is 4. The minimum absolute atomic E-state index is 1.17. The van der Waals surface area contributed by atoms with Gasteiger partial charge in [-0.25, -0.2) is 0 Å². The van der Waals surface area contributed by atoms with E-state index in [1.54, 1.807) is 11.8 Å². The van der Waals surface area contributed by atoms with Crippen molar-refractivity contribution in [3.05, 3.63) is 91.0 Å². The molecule has 0 bridgehead atoms. The van der Waals surface area contributed by atoms with Gasteiger partial charge in [0.2, 0.25) is 0 Å². The molecule has 0 saturated heterocycles. The van der Waals surface area contributed by atoms with E-state index in [4.69, 9.17) is 0 Å². The van der Waals surface area contributed by atoms with Gasteiger partial charge in [-0.15, -0.1) is 0 Å². The molecule has 0 amide bonds. The SMILES string of the molecule is C=Cc1ccccc1-c1ccccc1Sc1ccccc1. The van der Waals surface area contributed by atoms with Crippen LogP contribution in [0.2, 0.25) is 0 Å². The van der Waals surface area contributed by atoms with Gasteiger partial charge in [-0.05, 0) is 34.9 Å². The molecule has 0 saturated carbocycles. The summed E-state index contributed by atoms with van der Waals surface area (Å²) >= 11 is 1.79. The summed E-state index contributed by atoms with van der Waals surface area (Å²) in [5.41, 5.74) is 3.65. The fraction of sp³-hybridized carbons (Fsp3) is 0. The summed E-state index contributed by atoms with van der Waals surface area (Å²) in [6, 6.07) is 27.4. The smallest absolute Gasteiger partial charge is 0.0201 e. The van der Waals surface area contributed by atoms with Crippen LogP contribution >= 0.6 is 11.8 Å². The second kappa shape index (κ2) is 6.47. The second-order valence-corrected chi connectivity index (χ2v) is 5.82. The van der Waals surface area contributed by atoms with Crippen molar-refractivity contribution in [3.63, 3.8) is 0 Å². The molecule has 0 radical (unpaired) electrons. The lowest BCUT2D eigenvalue weighted by molar-refractivity contribution is 1.40. The zero-order chi connectivity index (χ0) is 14.5. The molecular weight excluding hydrogens is 272 g/mol. The highest BCUT2D eigenvalue weighted by Gasteiger charge is 2.08. The molecule has 0 spiro atoms. The van der Waals surface area contributed by atoms with Gasteiger partial charge < -0.3 is 0 Å². The quantitative estimate of drug-likeness (QED) is 0.555. The van der Waals surface area contributed by atoms with Crippen molar-refractivity contribution in [2.75, 3.05) is 0 Å². The Morgan fingerprint density at radius 3 is 2.05 bits per heavy atom. The van der Waals surface area contributed by atoms with Crippen LogP contribution < -0.4 is 0 Å². The normalized spacial score (nSPS) is 10.3. The fourth-order valence-corrected chi connectivity index (χ4v) is 3.30. The third-order valence-electron chi connectivity index (χ3n) is 3.33. The van der Waals surface area contributed by atoms with Crippen molar-refractivity contribution in [2.45, 2.75) is 9.79 Å². The van der Waals surface area contributed by atoms with Gasteiger partial charge in [0.15, 0.2) is 0 Å². The highest BCUT2D eigenvalue weighted by molar-refractivity contribution is 7.99. The Morgan fingerprint density at radius 1 is 0.667 bits per heavy atom. The molecule has 3 aromatic rings. The Kier molecular flexibility index (Phi) is 4.23. The van der Waals surface area contributed by atoms with Crippen molar-refractivity contribution in [2.24, 2.45) is 0 Å². The molecule has 0 aromatic heterocycles. The molecule has 0 aliphatic heterocycles. The Labute approximate surface area is 130 Å². The predicted octanol–water partition coefficient (Wildman–Crippen LogP) is 6.15.